The smallest absolute Gasteiger partial charge is 0.545 e. The predicted molar refractivity (Wildman–Crippen MR) is 121 cm³/mol. The summed E-state index contributed by atoms with van der Waals surface area (Å²) < 4.78 is 9.43. The van der Waals surface area contributed by atoms with E-state index in [1.165, 1.54) is 0 Å². The van der Waals surface area contributed by atoms with E-state index in [2.05, 4.69) is 0 Å². The van der Waals surface area contributed by atoms with Crippen molar-refractivity contribution in [3.8, 4) is 0 Å². The molecule has 3 rings (SSSR count). The first-order valence-corrected chi connectivity index (χ1v) is 10.0. The van der Waals surface area contributed by atoms with E-state index in [0.29, 0.717) is 0 Å². The van der Waals surface area contributed by atoms with Crippen molar-refractivity contribution >= 4 is 52.9 Å². The zero-order chi connectivity index (χ0) is 27.4. The van der Waals surface area contributed by atoms with Gasteiger partial charge in [0, 0.05) is 51.2 Å². The van der Waals surface area contributed by atoms with E-state index < -0.39 is 35.8 Å². The Bertz CT molecular complexity index is 1510. The van der Waals surface area contributed by atoms with Gasteiger partial charge in [0.05, 0.1) is 34.2 Å². The third-order valence-electron chi connectivity index (χ3n) is 4.89. The first-order valence-electron chi connectivity index (χ1n) is 10.0. The summed E-state index contributed by atoms with van der Waals surface area (Å²) in [5.74, 6) is -7.78. The summed E-state index contributed by atoms with van der Waals surface area (Å²) in [5.41, 5.74) is 14.5. The summed E-state index contributed by atoms with van der Waals surface area (Å²) in [6, 6.07) is 9.16. The number of ether oxygens (including phenoxy) is 2. The van der Waals surface area contributed by atoms with Gasteiger partial charge in [0.1, 0.15) is 0 Å². The Morgan fingerprint density at radius 1 is 0.500 bits per heavy atom. The monoisotopic (exact) mass is 676 g/mol. The van der Waals surface area contributed by atoms with Crippen molar-refractivity contribution in [1.29, 1.82) is 0 Å². The van der Waals surface area contributed by atoms with Crippen LogP contribution in [0.4, 0.5) is 17.1 Å². The standard InChI is InChI=1S/C24H17N3O10.Co.2Fe/c25-16-7-10(19(28)29)1-4-13(16)22(33)36-21(32)12-3-6-15(18(27)9-12)24(35)37-23(34)14-5-2-11(20(30)31)8-17(14)26;;;/h1-9H,25-27H2,(H,28,29)(H,30,31);;;/q;+2;;/p-2. The summed E-state index contributed by atoms with van der Waals surface area (Å²) in [4.78, 5) is 71.0. The van der Waals surface area contributed by atoms with Gasteiger partial charge in [0.2, 0.25) is 0 Å². The van der Waals surface area contributed by atoms with Crippen molar-refractivity contribution in [2.45, 2.75) is 0 Å². The fourth-order valence-corrected chi connectivity index (χ4v) is 3.02. The van der Waals surface area contributed by atoms with Gasteiger partial charge in [-0.25, -0.2) is 19.2 Å². The van der Waals surface area contributed by atoms with Gasteiger partial charge in [0.25, 0.3) is 0 Å². The fourth-order valence-electron chi connectivity index (χ4n) is 3.02. The van der Waals surface area contributed by atoms with Gasteiger partial charge in [0.15, 0.2) is 0 Å². The van der Waals surface area contributed by atoms with Crippen molar-refractivity contribution in [3.05, 3.63) is 88.0 Å². The first kappa shape index (κ1) is 35.8. The van der Waals surface area contributed by atoms with Gasteiger partial charge >= 0.3 is 40.7 Å². The van der Waals surface area contributed by atoms with E-state index in [-0.39, 0.29) is 101 Å². The molecule has 0 bridgehead atoms. The van der Waals surface area contributed by atoms with Gasteiger partial charge in [-0.1, -0.05) is 12.1 Å². The molecule has 40 heavy (non-hydrogen) atoms. The molecule has 0 heterocycles. The van der Waals surface area contributed by atoms with Crippen molar-refractivity contribution in [2.24, 2.45) is 0 Å². The summed E-state index contributed by atoms with van der Waals surface area (Å²) in [6.45, 7) is 0. The maximum absolute atomic E-state index is 12.4. The molecule has 3 aromatic carbocycles. The maximum Gasteiger partial charge on any atom is 2.00 e. The zero-order valence-electron chi connectivity index (χ0n) is 19.6. The quantitative estimate of drug-likeness (QED) is 0.125. The number of carbonyl (C=O) groups is 6. The maximum atomic E-state index is 12.4. The molecular weight excluding hydrogens is 661 g/mol. The second kappa shape index (κ2) is 14.8. The molecule has 0 fully saturated rings. The summed E-state index contributed by atoms with van der Waals surface area (Å²) in [5, 5.41) is 21.7. The molecule has 3 aromatic rings. The van der Waals surface area contributed by atoms with Crippen molar-refractivity contribution in [3.63, 3.8) is 0 Å². The molecule has 0 spiro atoms. The Kier molecular flexibility index (Phi) is 13.3. The van der Waals surface area contributed by atoms with Crippen LogP contribution in [0, 0.1) is 0 Å². The van der Waals surface area contributed by atoms with Crippen molar-refractivity contribution < 1.29 is 99.4 Å². The van der Waals surface area contributed by atoms with Crippen molar-refractivity contribution in [2.75, 3.05) is 17.2 Å². The van der Waals surface area contributed by atoms with Crippen LogP contribution in [0.1, 0.15) is 62.1 Å². The molecule has 0 amide bonds. The SMILES string of the molecule is Nc1cc(C(=O)[O-])ccc1C(=O)OC(=O)c1ccc(C(=O)OC(=O)c2ccc(C(=O)[O-])cc2N)c(N)c1.[Co+2].[Fe].[Fe]. The summed E-state index contributed by atoms with van der Waals surface area (Å²) in [7, 11) is 0. The molecule has 0 saturated carbocycles. The van der Waals surface area contributed by atoms with E-state index in [9.17, 15) is 39.0 Å². The second-order valence-electron chi connectivity index (χ2n) is 7.33. The number of rotatable bonds is 6. The number of hydrogen-bond donors (Lipinski definition) is 3. The minimum absolute atomic E-state index is 0. The molecule has 0 aliphatic heterocycles. The molecule has 0 aliphatic rings. The number of hydrogen-bond acceptors (Lipinski definition) is 13. The summed E-state index contributed by atoms with van der Waals surface area (Å²) in [6.07, 6.45) is 0. The predicted octanol–water partition coefficient (Wildman–Crippen LogP) is -0.853. The van der Waals surface area contributed by atoms with Crippen LogP contribution in [0.25, 0.3) is 0 Å². The van der Waals surface area contributed by atoms with Gasteiger partial charge in [-0.3, -0.25) is 0 Å². The number of nitrogen functional groups attached to an aromatic ring is 3. The van der Waals surface area contributed by atoms with Gasteiger partial charge in [-0.2, -0.15) is 0 Å². The molecule has 0 unspecified atom stereocenters. The van der Waals surface area contributed by atoms with E-state index in [4.69, 9.17) is 26.7 Å². The van der Waals surface area contributed by atoms with E-state index in [1.807, 2.05) is 0 Å². The molecule has 0 aromatic heterocycles. The van der Waals surface area contributed by atoms with E-state index in [0.717, 1.165) is 54.6 Å². The van der Waals surface area contributed by atoms with Gasteiger partial charge in [-0.05, 0) is 53.6 Å². The Morgan fingerprint density at radius 3 is 1.07 bits per heavy atom. The molecule has 6 N–H and O–H groups in total. The molecule has 0 atom stereocenters. The number of anilines is 3. The van der Waals surface area contributed by atoms with Crippen LogP contribution >= 0.6 is 0 Å². The van der Waals surface area contributed by atoms with Crippen molar-refractivity contribution in [1.82, 2.24) is 0 Å². The third-order valence-corrected chi connectivity index (χ3v) is 4.89. The van der Waals surface area contributed by atoms with Crippen LogP contribution in [-0.2, 0) is 60.4 Å². The van der Waals surface area contributed by atoms with Gasteiger partial charge < -0.3 is 46.5 Å². The number of carboxylic acids is 2. The van der Waals surface area contributed by atoms with Crippen LogP contribution in [0.5, 0.6) is 0 Å². The largest absolute Gasteiger partial charge is 2.00 e. The van der Waals surface area contributed by atoms with Crippen LogP contribution in [0.2, 0.25) is 0 Å². The normalized spacial score (nSPS) is 9.50. The number of nitrogens with two attached hydrogens (primary N) is 3. The molecule has 0 saturated heterocycles. The Labute approximate surface area is 256 Å². The first-order chi connectivity index (χ1) is 17.4. The number of carbonyl (C=O) groups excluding carboxylic acids is 6. The molecule has 13 nitrogen and oxygen atoms in total. The average molecular weight is 676 g/mol. The number of aromatic carboxylic acids is 2. The minimum Gasteiger partial charge on any atom is -0.545 e. The summed E-state index contributed by atoms with van der Waals surface area (Å²) >= 11 is 0. The van der Waals surface area contributed by atoms with Crippen LogP contribution < -0.4 is 27.4 Å². The van der Waals surface area contributed by atoms with E-state index in [1.54, 1.807) is 0 Å². The Morgan fingerprint density at radius 2 is 0.775 bits per heavy atom. The molecule has 16 heteroatoms. The van der Waals surface area contributed by atoms with Crippen LogP contribution in [0.15, 0.2) is 54.6 Å². The molecule has 0 aliphatic carbocycles. The number of carboxylic acid groups (broad SMARTS) is 2. The van der Waals surface area contributed by atoms with E-state index >= 15 is 0 Å². The second-order valence-corrected chi connectivity index (χ2v) is 7.33. The average Bonchev–Trinajstić information content (AvgIpc) is 2.83. The molecule has 1 radical (unpaired) electrons. The minimum atomic E-state index is -1.52. The molecule has 211 valence electrons. The topological polar surface area (TPSA) is 245 Å². The van der Waals surface area contributed by atoms with Crippen LogP contribution in [0.3, 0.4) is 0 Å². The van der Waals surface area contributed by atoms with Gasteiger partial charge in [-0.15, -0.1) is 0 Å². The Hall–Kier alpha value is -4.17. The Balaban J connectivity index is 0.00000507. The zero-order valence-corrected chi connectivity index (χ0v) is 22.8. The fraction of sp³-hybridized carbons (Fsp3) is 0. The molecular formula is C24H15CoFe2N3O10. The number of esters is 4. The van der Waals surface area contributed by atoms with Crippen LogP contribution in [-0.4, -0.2) is 35.8 Å². The number of benzene rings is 3. The third kappa shape index (κ3) is 8.16.